The second-order valence-corrected chi connectivity index (χ2v) is 6.82. The predicted molar refractivity (Wildman–Crippen MR) is 94.9 cm³/mol. The maximum atomic E-state index is 12.7. The molecule has 30 heavy (non-hydrogen) atoms. The molecule has 5 atom stereocenters. The third kappa shape index (κ3) is 3.07. The van der Waals surface area contributed by atoms with E-state index in [1.807, 2.05) is 0 Å². The fourth-order valence-electron chi connectivity index (χ4n) is 3.78. The van der Waals surface area contributed by atoms with Crippen LogP contribution in [-0.2, 0) is 23.8 Å². The molecule has 2 aromatic rings. The van der Waals surface area contributed by atoms with Crippen molar-refractivity contribution >= 4 is 11.9 Å². The van der Waals surface area contributed by atoms with Crippen molar-refractivity contribution in [3.63, 3.8) is 0 Å². The van der Waals surface area contributed by atoms with E-state index >= 15 is 0 Å². The molecule has 14 nitrogen and oxygen atoms in total. The summed E-state index contributed by atoms with van der Waals surface area (Å²) in [5.74, 6) is -0.960. The van der Waals surface area contributed by atoms with E-state index in [1.54, 1.807) is 0 Å². The summed E-state index contributed by atoms with van der Waals surface area (Å²) in [6, 6.07) is 1.51. The van der Waals surface area contributed by atoms with Crippen molar-refractivity contribution in [1.82, 2.24) is 24.3 Å². The van der Waals surface area contributed by atoms with Crippen LogP contribution in [0.2, 0.25) is 0 Å². The molecule has 1 saturated carbocycles. The van der Waals surface area contributed by atoms with Gasteiger partial charge in [-0.3, -0.25) is 14.2 Å². The Morgan fingerprint density at radius 1 is 1.33 bits per heavy atom. The van der Waals surface area contributed by atoms with Crippen LogP contribution in [0, 0.1) is 5.41 Å². The molecule has 0 spiro atoms. The number of rotatable bonds is 6. The summed E-state index contributed by atoms with van der Waals surface area (Å²) in [6.07, 6.45) is 0.499. The maximum Gasteiger partial charge on any atom is 0.351 e. The van der Waals surface area contributed by atoms with Crippen molar-refractivity contribution < 1.29 is 23.8 Å². The molecule has 1 aliphatic heterocycles. The van der Waals surface area contributed by atoms with Crippen LogP contribution in [0.25, 0.3) is 16.3 Å². The van der Waals surface area contributed by atoms with Crippen LogP contribution in [0.5, 0.6) is 0 Å². The Labute approximate surface area is 168 Å². The van der Waals surface area contributed by atoms with Crippen molar-refractivity contribution in [3.05, 3.63) is 45.8 Å². The van der Waals surface area contributed by atoms with E-state index in [0.717, 1.165) is 4.57 Å². The normalized spacial score (nSPS) is 28.9. The number of aromatic nitrogens is 5. The lowest BCUT2D eigenvalue weighted by Crippen LogP contribution is -2.42. The van der Waals surface area contributed by atoms with Crippen LogP contribution in [0.3, 0.4) is 0 Å². The van der Waals surface area contributed by atoms with Gasteiger partial charge >= 0.3 is 17.6 Å². The summed E-state index contributed by atoms with van der Waals surface area (Å²) in [7, 11) is 0. The summed E-state index contributed by atoms with van der Waals surface area (Å²) in [5, 5.41) is 7.49. The summed E-state index contributed by atoms with van der Waals surface area (Å²) in [6.45, 7) is 2.27. The third-order valence-electron chi connectivity index (χ3n) is 5.04. The molecule has 2 fully saturated rings. The summed E-state index contributed by atoms with van der Waals surface area (Å²) < 4.78 is 19.1. The highest BCUT2D eigenvalue weighted by Crippen LogP contribution is 2.63. The first-order valence-electron chi connectivity index (χ1n) is 8.83. The van der Waals surface area contributed by atoms with Gasteiger partial charge < -0.3 is 14.2 Å². The Balaban J connectivity index is 1.70. The lowest BCUT2D eigenvalue weighted by Gasteiger charge is -2.28. The number of nitrogens with zero attached hydrogens (tertiary/aromatic N) is 8. The summed E-state index contributed by atoms with van der Waals surface area (Å²) in [4.78, 5) is 46.4. The minimum absolute atomic E-state index is 0.153. The smallest absolute Gasteiger partial charge is 0.351 e. The zero-order valence-corrected chi connectivity index (χ0v) is 15.9. The molecule has 14 heteroatoms. The first-order valence-corrected chi connectivity index (χ1v) is 8.83. The molecular formula is C16H16N8O6. The number of esters is 2. The van der Waals surface area contributed by atoms with Crippen LogP contribution in [0.4, 0.5) is 0 Å². The zero-order valence-electron chi connectivity index (χ0n) is 15.9. The van der Waals surface area contributed by atoms with E-state index in [-0.39, 0.29) is 12.4 Å². The van der Waals surface area contributed by atoms with Crippen molar-refractivity contribution in [2.45, 2.75) is 38.4 Å². The molecule has 2 aliphatic rings. The molecule has 0 radical (unpaired) electrons. The van der Waals surface area contributed by atoms with Crippen LogP contribution < -0.4 is 5.69 Å². The van der Waals surface area contributed by atoms with Crippen LogP contribution in [-0.4, -0.2) is 61.1 Å². The molecule has 4 rings (SSSR count). The summed E-state index contributed by atoms with van der Waals surface area (Å²) >= 11 is 0. The molecule has 0 N–H and O–H groups in total. The van der Waals surface area contributed by atoms with Gasteiger partial charge in [0.2, 0.25) is 0 Å². The highest BCUT2D eigenvalue weighted by Gasteiger charge is 2.80. The minimum atomic E-state index is -1.10. The van der Waals surface area contributed by atoms with E-state index in [2.05, 4.69) is 25.1 Å². The molecule has 0 aromatic carbocycles. The molecule has 3 heterocycles. The van der Waals surface area contributed by atoms with Gasteiger partial charge in [-0.2, -0.15) is 10.1 Å². The quantitative estimate of drug-likeness (QED) is 0.269. The maximum absolute atomic E-state index is 12.7. The monoisotopic (exact) mass is 416 g/mol. The van der Waals surface area contributed by atoms with Gasteiger partial charge in [-0.05, 0) is 11.6 Å². The van der Waals surface area contributed by atoms with Gasteiger partial charge in [-0.25, -0.2) is 14.5 Å². The van der Waals surface area contributed by atoms with E-state index in [1.165, 1.54) is 43.4 Å². The molecule has 0 bridgehead atoms. The molecule has 1 saturated heterocycles. The molecule has 1 unspecified atom stereocenters. The van der Waals surface area contributed by atoms with Gasteiger partial charge in [-0.15, -0.1) is 0 Å². The topological polar surface area (TPSA) is 176 Å². The first-order chi connectivity index (χ1) is 14.4. The van der Waals surface area contributed by atoms with Crippen molar-refractivity contribution in [3.8, 4) is 5.82 Å². The Kier molecular flexibility index (Phi) is 4.72. The van der Waals surface area contributed by atoms with Gasteiger partial charge in [-0.1, -0.05) is 5.11 Å². The van der Waals surface area contributed by atoms with Crippen molar-refractivity contribution in [2.75, 3.05) is 6.54 Å². The number of carbonyl (C=O) groups is 2. The molecule has 0 amide bonds. The second kappa shape index (κ2) is 7.24. The largest absolute Gasteiger partial charge is 0.459 e. The van der Waals surface area contributed by atoms with Crippen LogP contribution >= 0.6 is 0 Å². The van der Waals surface area contributed by atoms with Gasteiger partial charge in [0.05, 0.1) is 5.41 Å². The Hall–Kier alpha value is -3.77. The fourth-order valence-corrected chi connectivity index (χ4v) is 3.78. The van der Waals surface area contributed by atoms with Gasteiger partial charge in [0.1, 0.15) is 24.9 Å². The number of hydrogen-bond donors (Lipinski definition) is 0. The summed E-state index contributed by atoms with van der Waals surface area (Å²) in [5.41, 5.74) is 6.98. The van der Waals surface area contributed by atoms with E-state index in [0.29, 0.717) is 0 Å². The van der Waals surface area contributed by atoms with Crippen LogP contribution in [0.1, 0.15) is 20.1 Å². The third-order valence-corrected chi connectivity index (χ3v) is 5.04. The fraction of sp³-hybridized carbons (Fsp3) is 0.500. The van der Waals surface area contributed by atoms with Gasteiger partial charge in [0.15, 0.2) is 18.1 Å². The lowest BCUT2D eigenvalue weighted by atomic mass is 9.98. The minimum Gasteiger partial charge on any atom is -0.459 e. The molecule has 1 aliphatic carbocycles. The number of azide groups is 1. The van der Waals surface area contributed by atoms with E-state index < -0.39 is 47.6 Å². The second-order valence-electron chi connectivity index (χ2n) is 6.82. The number of ether oxygens (including phenoxy) is 3. The SMILES string of the molecule is CC(=O)OC1[C@H]2O[C@@H](n3ccc(-n4cncn4)nc3=O)[C@H](OC(C)=O)[C@@]12CN=[N+]=[N-]. The average Bonchev–Trinajstić information content (AvgIpc) is 3.07. The standard InChI is InChI=1S/C16H16N8O6/c1-8(25)28-11-12-16(11,5-19-22-17)13(29-9(2)26)14(30-12)23-4-3-10(21-15(23)27)24-7-18-6-20-24/h3-4,6-7,11-14H,5H2,1-2H3/t11?,12-,13+,14-,16+/m1/s1. The average molecular weight is 416 g/mol. The Bertz CT molecular complexity index is 1090. The van der Waals surface area contributed by atoms with E-state index in [9.17, 15) is 14.4 Å². The highest BCUT2D eigenvalue weighted by atomic mass is 16.6. The number of carbonyl (C=O) groups excluding carboxylic acids is 2. The van der Waals surface area contributed by atoms with Gasteiger partial charge in [0.25, 0.3) is 0 Å². The highest BCUT2D eigenvalue weighted by molar-refractivity contribution is 5.68. The van der Waals surface area contributed by atoms with Crippen molar-refractivity contribution in [2.24, 2.45) is 10.5 Å². The lowest BCUT2D eigenvalue weighted by molar-refractivity contribution is -0.167. The Morgan fingerprint density at radius 2 is 2.07 bits per heavy atom. The molecule has 156 valence electrons. The predicted octanol–water partition coefficient (Wildman–Crippen LogP) is -0.105. The zero-order chi connectivity index (χ0) is 21.5. The Morgan fingerprint density at radius 3 is 2.67 bits per heavy atom. The molecule has 2 aromatic heterocycles. The number of fused-ring (bicyclic) bond motifs is 1. The molecular weight excluding hydrogens is 400 g/mol. The number of hydrogen-bond acceptors (Lipinski definition) is 10. The first kappa shape index (κ1) is 19.5. The van der Waals surface area contributed by atoms with Crippen LogP contribution in [0.15, 0.2) is 34.8 Å². The van der Waals surface area contributed by atoms with Gasteiger partial charge in [0, 0.05) is 31.5 Å². The van der Waals surface area contributed by atoms with Crippen molar-refractivity contribution in [1.29, 1.82) is 0 Å². The van der Waals surface area contributed by atoms with E-state index in [4.69, 9.17) is 19.7 Å².